The summed E-state index contributed by atoms with van der Waals surface area (Å²) in [7, 11) is 0. The molecule has 1 heterocycles. The Labute approximate surface area is 116 Å². The molecule has 7 heteroatoms. The Balaban J connectivity index is 2.63. The van der Waals surface area contributed by atoms with E-state index in [0.29, 0.717) is 6.42 Å². The minimum absolute atomic E-state index is 0.129. The first-order valence-electron chi connectivity index (χ1n) is 5.78. The molecule has 1 aromatic rings. The molecule has 1 aromatic heterocycles. The van der Waals surface area contributed by atoms with Crippen LogP contribution in [-0.2, 0) is 4.79 Å². The van der Waals surface area contributed by atoms with Gasteiger partial charge in [-0.05, 0) is 38.7 Å². The molecule has 0 saturated carbocycles. The molecule has 0 aliphatic carbocycles. The molecule has 0 fully saturated rings. The molecule has 0 saturated heterocycles. The maximum absolute atomic E-state index is 11.4. The van der Waals surface area contributed by atoms with Crippen LogP contribution in [0.2, 0.25) is 0 Å². The third-order valence-corrected chi connectivity index (χ3v) is 4.27. The van der Waals surface area contributed by atoms with Crippen molar-refractivity contribution in [3.05, 3.63) is 6.33 Å². The zero-order chi connectivity index (χ0) is 13.8. The lowest BCUT2D eigenvalue weighted by Crippen LogP contribution is -2.53. The summed E-state index contributed by atoms with van der Waals surface area (Å²) in [5, 5.41) is 12.6. The van der Waals surface area contributed by atoms with E-state index in [1.54, 1.807) is 18.7 Å². The summed E-state index contributed by atoms with van der Waals surface area (Å²) in [6.45, 7) is 7.63. The van der Waals surface area contributed by atoms with Crippen LogP contribution in [-0.4, -0.2) is 37.3 Å². The second-order valence-corrected chi connectivity index (χ2v) is 7.24. The van der Waals surface area contributed by atoms with Gasteiger partial charge in [-0.1, -0.05) is 18.7 Å². The number of nitrogens with zero attached hydrogens (tertiary/aromatic N) is 2. The lowest BCUT2D eigenvalue weighted by molar-refractivity contribution is -0.144. The fourth-order valence-electron chi connectivity index (χ4n) is 1.85. The zero-order valence-electron chi connectivity index (χ0n) is 11.0. The molecule has 1 rings (SSSR count). The molecule has 0 aliphatic heterocycles. The number of hydrogen-bond acceptors (Lipinski definition) is 6. The van der Waals surface area contributed by atoms with Crippen LogP contribution >= 0.6 is 23.3 Å². The molecular weight excluding hydrogens is 270 g/mol. The summed E-state index contributed by atoms with van der Waals surface area (Å²) >= 11 is 2.90. The molecule has 102 valence electrons. The average Bonchev–Trinajstić information content (AvgIpc) is 2.68. The minimum Gasteiger partial charge on any atom is -0.480 e. The van der Waals surface area contributed by atoms with Crippen molar-refractivity contribution in [2.24, 2.45) is 0 Å². The number of carbonyl (C=O) groups is 1. The minimum atomic E-state index is -0.911. The quantitative estimate of drug-likeness (QED) is 0.750. The highest BCUT2D eigenvalue weighted by Gasteiger charge is 2.35. The van der Waals surface area contributed by atoms with E-state index in [9.17, 15) is 9.90 Å². The Morgan fingerprint density at radius 2 is 2.28 bits per heavy atom. The molecule has 2 N–H and O–H groups in total. The highest BCUT2D eigenvalue weighted by molar-refractivity contribution is 8.01. The second-order valence-electron chi connectivity index (χ2n) is 4.78. The highest BCUT2D eigenvalue weighted by Crippen LogP contribution is 2.29. The van der Waals surface area contributed by atoms with E-state index < -0.39 is 11.5 Å². The van der Waals surface area contributed by atoms with Gasteiger partial charge in [0.15, 0.2) is 4.34 Å². The largest absolute Gasteiger partial charge is 0.480 e. The predicted molar refractivity (Wildman–Crippen MR) is 74.2 cm³/mol. The second kappa shape index (κ2) is 6.49. The number of rotatable bonds is 7. The summed E-state index contributed by atoms with van der Waals surface area (Å²) in [6.07, 6.45) is 2.05. The monoisotopic (exact) mass is 289 g/mol. The highest BCUT2D eigenvalue weighted by atomic mass is 32.2. The van der Waals surface area contributed by atoms with Gasteiger partial charge in [0.05, 0.1) is 0 Å². The molecule has 0 aromatic carbocycles. The Morgan fingerprint density at radius 1 is 1.61 bits per heavy atom. The fourth-order valence-corrected chi connectivity index (χ4v) is 3.79. The normalized spacial score (nSPS) is 16.5. The van der Waals surface area contributed by atoms with E-state index >= 15 is 0 Å². The lowest BCUT2D eigenvalue weighted by atomic mass is 9.95. The van der Waals surface area contributed by atoms with E-state index in [4.69, 9.17) is 0 Å². The van der Waals surface area contributed by atoms with Gasteiger partial charge >= 0.3 is 5.97 Å². The Morgan fingerprint density at radius 3 is 2.72 bits per heavy atom. The zero-order valence-corrected chi connectivity index (χ0v) is 12.6. The molecule has 0 amide bonds. The van der Waals surface area contributed by atoms with E-state index in [2.05, 4.69) is 14.7 Å². The van der Waals surface area contributed by atoms with E-state index in [1.165, 1.54) is 17.9 Å². The van der Waals surface area contributed by atoms with Crippen molar-refractivity contribution in [1.82, 2.24) is 14.7 Å². The van der Waals surface area contributed by atoms with Crippen LogP contribution < -0.4 is 5.32 Å². The van der Waals surface area contributed by atoms with Crippen molar-refractivity contribution < 1.29 is 9.90 Å². The van der Waals surface area contributed by atoms with Crippen molar-refractivity contribution in [2.45, 2.75) is 55.3 Å². The van der Waals surface area contributed by atoms with Crippen LogP contribution in [0.25, 0.3) is 0 Å². The van der Waals surface area contributed by atoms with Gasteiger partial charge in [-0.3, -0.25) is 10.1 Å². The molecule has 2 atom stereocenters. The van der Waals surface area contributed by atoms with E-state index in [0.717, 1.165) is 4.34 Å². The number of carboxylic acids is 1. The summed E-state index contributed by atoms with van der Waals surface area (Å²) in [4.78, 5) is 15.5. The number of thioether (sulfide) groups is 1. The van der Waals surface area contributed by atoms with Crippen LogP contribution in [0.15, 0.2) is 10.7 Å². The van der Waals surface area contributed by atoms with Crippen molar-refractivity contribution in [3.8, 4) is 0 Å². The summed E-state index contributed by atoms with van der Waals surface area (Å²) < 4.78 is 4.81. The molecule has 18 heavy (non-hydrogen) atoms. The topological polar surface area (TPSA) is 75.1 Å². The van der Waals surface area contributed by atoms with Gasteiger partial charge in [-0.2, -0.15) is 4.37 Å². The van der Waals surface area contributed by atoms with Gasteiger partial charge < -0.3 is 5.11 Å². The smallest absolute Gasteiger partial charge is 0.323 e. The van der Waals surface area contributed by atoms with Gasteiger partial charge in [0.25, 0.3) is 0 Å². The van der Waals surface area contributed by atoms with Crippen LogP contribution in [0.5, 0.6) is 0 Å². The first kappa shape index (κ1) is 15.4. The third kappa shape index (κ3) is 4.55. The van der Waals surface area contributed by atoms with Crippen molar-refractivity contribution in [3.63, 3.8) is 0 Å². The number of carboxylic acid groups (broad SMARTS) is 1. The Hall–Kier alpha value is -0.660. The van der Waals surface area contributed by atoms with Crippen LogP contribution in [0, 0.1) is 0 Å². The molecule has 0 spiro atoms. The van der Waals surface area contributed by atoms with E-state index in [1.807, 2.05) is 20.8 Å². The van der Waals surface area contributed by atoms with Crippen molar-refractivity contribution in [2.75, 3.05) is 0 Å². The number of aliphatic carboxylic acids is 1. The van der Waals surface area contributed by atoms with Crippen LogP contribution in [0.1, 0.15) is 34.1 Å². The van der Waals surface area contributed by atoms with Gasteiger partial charge in [-0.25, -0.2) is 4.98 Å². The molecule has 0 radical (unpaired) electrons. The SMILES string of the molecule is CC(C)NC(C)(CC(C)Sc1ncns1)C(=O)O. The maximum atomic E-state index is 11.4. The average molecular weight is 289 g/mol. The number of hydrogen-bond donors (Lipinski definition) is 2. The molecule has 0 bridgehead atoms. The van der Waals surface area contributed by atoms with Crippen molar-refractivity contribution >= 4 is 29.3 Å². The number of aromatic nitrogens is 2. The molecule has 5 nitrogen and oxygen atoms in total. The fraction of sp³-hybridized carbons (Fsp3) is 0.727. The molecular formula is C11H19N3O2S2. The lowest BCUT2D eigenvalue weighted by Gasteiger charge is -2.30. The maximum Gasteiger partial charge on any atom is 0.323 e. The molecule has 2 unspecified atom stereocenters. The van der Waals surface area contributed by atoms with Crippen LogP contribution in [0.3, 0.4) is 0 Å². The summed E-state index contributed by atoms with van der Waals surface area (Å²) in [5.41, 5.74) is -0.911. The number of nitrogens with one attached hydrogen (secondary N) is 1. The summed E-state index contributed by atoms with van der Waals surface area (Å²) in [5.74, 6) is -0.819. The van der Waals surface area contributed by atoms with Gasteiger partial charge in [-0.15, -0.1) is 0 Å². The predicted octanol–water partition coefficient (Wildman–Crippen LogP) is 2.25. The standard InChI is InChI=1S/C11H19N3O2S2/c1-7(2)14-11(4,9(15)16)5-8(3)17-10-12-6-13-18-10/h6-8,14H,5H2,1-4H3,(H,15,16). The van der Waals surface area contributed by atoms with Crippen molar-refractivity contribution in [1.29, 1.82) is 0 Å². The Bertz CT molecular complexity index is 384. The van der Waals surface area contributed by atoms with Gasteiger partial charge in [0, 0.05) is 11.3 Å². The van der Waals surface area contributed by atoms with Crippen LogP contribution in [0.4, 0.5) is 0 Å². The molecule has 0 aliphatic rings. The third-order valence-electron chi connectivity index (χ3n) is 2.42. The summed E-state index contributed by atoms with van der Waals surface area (Å²) in [6, 6.07) is 0.129. The van der Waals surface area contributed by atoms with Gasteiger partial charge in [0.2, 0.25) is 0 Å². The first-order chi connectivity index (χ1) is 8.33. The van der Waals surface area contributed by atoms with E-state index in [-0.39, 0.29) is 11.3 Å². The first-order valence-corrected chi connectivity index (χ1v) is 7.43. The Kier molecular flexibility index (Phi) is 5.55. The van der Waals surface area contributed by atoms with Gasteiger partial charge in [0.1, 0.15) is 11.9 Å².